The highest BCUT2D eigenvalue weighted by Crippen LogP contribution is 2.23. The number of anilines is 1. The van der Waals surface area contributed by atoms with Crippen LogP contribution in [0.25, 0.3) is 10.8 Å². The predicted molar refractivity (Wildman–Crippen MR) is 105 cm³/mol. The van der Waals surface area contributed by atoms with Crippen molar-refractivity contribution in [3.05, 3.63) is 42.5 Å². The van der Waals surface area contributed by atoms with Crippen molar-refractivity contribution in [2.45, 2.75) is 32.7 Å². The Hall–Kier alpha value is -2.40. The Morgan fingerprint density at radius 1 is 1.08 bits per heavy atom. The highest BCUT2D eigenvalue weighted by molar-refractivity contribution is 6.02. The third kappa shape index (κ3) is 4.61. The molecule has 1 aliphatic rings. The van der Waals surface area contributed by atoms with Crippen molar-refractivity contribution >= 4 is 28.3 Å². The zero-order valence-electron chi connectivity index (χ0n) is 15.5. The first-order valence-electron chi connectivity index (χ1n) is 9.33. The van der Waals surface area contributed by atoms with Crippen LogP contribution >= 0.6 is 0 Å². The van der Waals surface area contributed by atoms with Crippen LogP contribution in [0.3, 0.4) is 0 Å². The molecule has 1 fully saturated rings. The zero-order valence-corrected chi connectivity index (χ0v) is 15.5. The quantitative estimate of drug-likeness (QED) is 0.869. The van der Waals surface area contributed by atoms with E-state index in [0.29, 0.717) is 6.54 Å². The molecule has 0 bridgehead atoms. The second-order valence-electron chi connectivity index (χ2n) is 7.29. The molecule has 1 saturated heterocycles. The van der Waals surface area contributed by atoms with Crippen LogP contribution in [-0.4, -0.2) is 42.4 Å². The summed E-state index contributed by atoms with van der Waals surface area (Å²) in [5.41, 5.74) is 0.847. The largest absolute Gasteiger partial charge is 0.354 e. The molecule has 0 aromatic heterocycles. The lowest BCUT2D eigenvalue weighted by atomic mass is 9.95. The van der Waals surface area contributed by atoms with Gasteiger partial charge in [-0.1, -0.05) is 36.4 Å². The van der Waals surface area contributed by atoms with Gasteiger partial charge >= 0.3 is 0 Å². The van der Waals surface area contributed by atoms with E-state index in [1.54, 1.807) is 0 Å². The predicted octanol–water partition coefficient (Wildman–Crippen LogP) is 3.01. The Morgan fingerprint density at radius 3 is 2.50 bits per heavy atom. The lowest BCUT2D eigenvalue weighted by Crippen LogP contribution is -2.44. The number of hydrogen-bond donors (Lipinski definition) is 2. The number of amides is 2. The number of benzene rings is 2. The Labute approximate surface area is 154 Å². The van der Waals surface area contributed by atoms with E-state index in [9.17, 15) is 9.59 Å². The standard InChI is InChI=1S/C21H27N3O2/c1-15(2)22-21(26)17-10-12-24(13-11-17)14-20(25)23-19-9-5-7-16-6-3-4-8-18(16)19/h3-9,15,17H,10-14H2,1-2H3,(H,22,26)(H,23,25). The Balaban J connectivity index is 1.52. The molecule has 0 radical (unpaired) electrons. The van der Waals surface area contributed by atoms with Gasteiger partial charge in [0.15, 0.2) is 0 Å². The molecule has 0 atom stereocenters. The van der Waals surface area contributed by atoms with E-state index in [0.717, 1.165) is 42.4 Å². The summed E-state index contributed by atoms with van der Waals surface area (Å²) in [5.74, 6) is 0.195. The molecule has 2 N–H and O–H groups in total. The fraction of sp³-hybridized carbons (Fsp3) is 0.429. The van der Waals surface area contributed by atoms with Crippen molar-refractivity contribution < 1.29 is 9.59 Å². The molecule has 2 amide bonds. The van der Waals surface area contributed by atoms with E-state index >= 15 is 0 Å². The van der Waals surface area contributed by atoms with Crippen LogP contribution in [0.4, 0.5) is 5.69 Å². The average molecular weight is 353 g/mol. The van der Waals surface area contributed by atoms with Crippen molar-refractivity contribution in [2.24, 2.45) is 5.92 Å². The molecule has 0 aliphatic carbocycles. The summed E-state index contributed by atoms with van der Waals surface area (Å²) >= 11 is 0. The smallest absolute Gasteiger partial charge is 0.238 e. The van der Waals surface area contributed by atoms with E-state index in [4.69, 9.17) is 0 Å². The van der Waals surface area contributed by atoms with Gasteiger partial charge in [-0.25, -0.2) is 0 Å². The van der Waals surface area contributed by atoms with Crippen LogP contribution in [-0.2, 0) is 9.59 Å². The molecular weight excluding hydrogens is 326 g/mol. The molecule has 5 heteroatoms. The maximum absolute atomic E-state index is 12.5. The van der Waals surface area contributed by atoms with Gasteiger partial charge in [0, 0.05) is 23.0 Å². The van der Waals surface area contributed by atoms with Gasteiger partial charge in [0.05, 0.1) is 6.54 Å². The number of rotatable bonds is 5. The van der Waals surface area contributed by atoms with Gasteiger partial charge < -0.3 is 10.6 Å². The van der Waals surface area contributed by atoms with Crippen molar-refractivity contribution in [1.29, 1.82) is 0 Å². The molecule has 0 spiro atoms. The third-order valence-corrected chi connectivity index (χ3v) is 4.82. The molecule has 2 aromatic carbocycles. The van der Waals surface area contributed by atoms with Gasteiger partial charge in [-0.3, -0.25) is 14.5 Å². The number of carbonyl (C=O) groups excluding carboxylic acids is 2. The van der Waals surface area contributed by atoms with Gasteiger partial charge in [-0.15, -0.1) is 0 Å². The van der Waals surface area contributed by atoms with Gasteiger partial charge in [0.2, 0.25) is 11.8 Å². The van der Waals surface area contributed by atoms with Crippen LogP contribution in [0.2, 0.25) is 0 Å². The van der Waals surface area contributed by atoms with Gasteiger partial charge in [0.25, 0.3) is 0 Å². The number of nitrogens with zero attached hydrogens (tertiary/aromatic N) is 1. The SMILES string of the molecule is CC(C)NC(=O)C1CCN(CC(=O)Nc2cccc3ccccc23)CC1. The number of likely N-dealkylation sites (tertiary alicyclic amines) is 1. The molecule has 1 heterocycles. The summed E-state index contributed by atoms with van der Waals surface area (Å²) in [6.07, 6.45) is 1.61. The second kappa shape index (κ2) is 8.32. The number of hydrogen-bond acceptors (Lipinski definition) is 3. The van der Waals surface area contributed by atoms with Crippen LogP contribution in [0, 0.1) is 5.92 Å². The van der Waals surface area contributed by atoms with E-state index in [1.807, 2.05) is 56.3 Å². The highest BCUT2D eigenvalue weighted by atomic mass is 16.2. The summed E-state index contributed by atoms with van der Waals surface area (Å²) < 4.78 is 0. The molecule has 0 saturated carbocycles. The van der Waals surface area contributed by atoms with E-state index in [1.165, 1.54) is 0 Å². The van der Waals surface area contributed by atoms with Crippen molar-refractivity contribution in [3.63, 3.8) is 0 Å². The maximum Gasteiger partial charge on any atom is 0.238 e. The molecule has 3 rings (SSSR count). The first-order valence-corrected chi connectivity index (χ1v) is 9.33. The normalized spacial score (nSPS) is 16.0. The Kier molecular flexibility index (Phi) is 5.89. The number of piperidine rings is 1. The van der Waals surface area contributed by atoms with Crippen molar-refractivity contribution in [3.8, 4) is 0 Å². The number of nitrogens with one attached hydrogen (secondary N) is 2. The first-order chi connectivity index (χ1) is 12.5. The Morgan fingerprint density at radius 2 is 1.77 bits per heavy atom. The zero-order chi connectivity index (χ0) is 18.5. The second-order valence-corrected chi connectivity index (χ2v) is 7.29. The van der Waals surface area contributed by atoms with Crippen molar-refractivity contribution in [2.75, 3.05) is 25.0 Å². The van der Waals surface area contributed by atoms with Gasteiger partial charge in [-0.2, -0.15) is 0 Å². The van der Waals surface area contributed by atoms with Crippen LogP contribution < -0.4 is 10.6 Å². The lowest BCUT2D eigenvalue weighted by Gasteiger charge is -2.31. The Bertz CT molecular complexity index is 774. The molecule has 1 aliphatic heterocycles. The minimum atomic E-state index is -0.00793. The molecular formula is C21H27N3O2. The maximum atomic E-state index is 12.5. The number of fused-ring (bicyclic) bond motifs is 1. The van der Waals surface area contributed by atoms with Crippen LogP contribution in [0.1, 0.15) is 26.7 Å². The summed E-state index contributed by atoms with van der Waals surface area (Å²) in [6.45, 7) is 5.87. The monoisotopic (exact) mass is 353 g/mol. The fourth-order valence-electron chi connectivity index (χ4n) is 3.48. The number of carbonyl (C=O) groups is 2. The summed E-state index contributed by atoms with van der Waals surface area (Å²) in [5, 5.41) is 8.18. The molecule has 138 valence electrons. The summed E-state index contributed by atoms with van der Waals surface area (Å²) in [6, 6.07) is 14.1. The lowest BCUT2D eigenvalue weighted by molar-refractivity contribution is -0.127. The summed E-state index contributed by atoms with van der Waals surface area (Å²) in [7, 11) is 0. The summed E-state index contributed by atoms with van der Waals surface area (Å²) in [4.78, 5) is 26.7. The van der Waals surface area contributed by atoms with Gasteiger partial charge in [0.1, 0.15) is 0 Å². The molecule has 0 unspecified atom stereocenters. The van der Waals surface area contributed by atoms with Gasteiger partial charge in [-0.05, 0) is 51.2 Å². The van der Waals surface area contributed by atoms with Crippen molar-refractivity contribution in [1.82, 2.24) is 10.2 Å². The van der Waals surface area contributed by atoms with E-state index in [2.05, 4.69) is 15.5 Å². The molecule has 2 aromatic rings. The van der Waals surface area contributed by atoms with Crippen LogP contribution in [0.5, 0.6) is 0 Å². The third-order valence-electron chi connectivity index (χ3n) is 4.82. The minimum absolute atomic E-state index is 0.00793. The topological polar surface area (TPSA) is 61.4 Å². The molecule has 5 nitrogen and oxygen atoms in total. The minimum Gasteiger partial charge on any atom is -0.354 e. The molecule has 26 heavy (non-hydrogen) atoms. The van der Waals surface area contributed by atoms with Crippen LogP contribution in [0.15, 0.2) is 42.5 Å². The van der Waals surface area contributed by atoms with E-state index in [-0.39, 0.29) is 23.8 Å². The highest BCUT2D eigenvalue weighted by Gasteiger charge is 2.26. The first kappa shape index (κ1) is 18.4. The fourth-order valence-corrected chi connectivity index (χ4v) is 3.48. The average Bonchev–Trinajstić information content (AvgIpc) is 2.62. The van der Waals surface area contributed by atoms with E-state index < -0.39 is 0 Å².